The minimum atomic E-state index is -0.485. The van der Waals surface area contributed by atoms with Crippen molar-refractivity contribution in [1.29, 1.82) is 0 Å². The third-order valence-corrected chi connectivity index (χ3v) is 2.48. The number of carbonyl (C=O) groups excluding carboxylic acids is 1. The number of nitrogens with two attached hydrogens (primary N) is 1. The maximum absolute atomic E-state index is 13.0. The standard InChI is InChI=1S/C13H11FN4O2/c14-9-2-1-3-10(6-9)17-13(19)11-5-4-8(7-16-11)12(15)18-20/h1-7,20H,(H2,15,18)(H,17,19). The van der Waals surface area contributed by atoms with Crippen LogP contribution in [-0.2, 0) is 0 Å². The van der Waals surface area contributed by atoms with Crippen molar-refractivity contribution in [2.24, 2.45) is 10.9 Å². The van der Waals surface area contributed by atoms with Gasteiger partial charge in [-0.2, -0.15) is 0 Å². The molecule has 7 heteroatoms. The van der Waals surface area contributed by atoms with Gasteiger partial charge >= 0.3 is 0 Å². The van der Waals surface area contributed by atoms with Crippen LogP contribution in [0.4, 0.5) is 10.1 Å². The first kappa shape index (κ1) is 13.5. The topological polar surface area (TPSA) is 101 Å². The third kappa shape index (κ3) is 3.08. The predicted octanol–water partition coefficient (Wildman–Crippen LogP) is 1.57. The summed E-state index contributed by atoms with van der Waals surface area (Å²) in [5, 5.41) is 13.8. The number of anilines is 1. The van der Waals surface area contributed by atoms with Gasteiger partial charge in [-0.25, -0.2) is 4.39 Å². The van der Waals surface area contributed by atoms with Crippen molar-refractivity contribution >= 4 is 17.4 Å². The molecular weight excluding hydrogens is 263 g/mol. The van der Waals surface area contributed by atoms with Crippen LogP contribution in [0.3, 0.4) is 0 Å². The molecule has 0 aliphatic heterocycles. The van der Waals surface area contributed by atoms with Gasteiger partial charge in [0.25, 0.3) is 5.91 Å². The van der Waals surface area contributed by atoms with Crippen molar-refractivity contribution in [3.05, 3.63) is 59.7 Å². The van der Waals surface area contributed by atoms with E-state index >= 15 is 0 Å². The Labute approximate surface area is 113 Å². The van der Waals surface area contributed by atoms with Crippen LogP contribution < -0.4 is 11.1 Å². The number of hydrogen-bond acceptors (Lipinski definition) is 4. The lowest BCUT2D eigenvalue weighted by Crippen LogP contribution is -2.16. The van der Waals surface area contributed by atoms with Crippen LogP contribution in [0, 0.1) is 5.82 Å². The van der Waals surface area contributed by atoms with Crippen molar-refractivity contribution in [2.45, 2.75) is 0 Å². The maximum atomic E-state index is 13.0. The Morgan fingerprint density at radius 3 is 2.75 bits per heavy atom. The summed E-state index contributed by atoms with van der Waals surface area (Å²) in [5.41, 5.74) is 6.22. The molecule has 0 aliphatic rings. The summed E-state index contributed by atoms with van der Waals surface area (Å²) in [6.07, 6.45) is 1.30. The Morgan fingerprint density at radius 1 is 1.35 bits per heavy atom. The van der Waals surface area contributed by atoms with Crippen molar-refractivity contribution < 1.29 is 14.4 Å². The molecular formula is C13H11FN4O2. The fourth-order valence-corrected chi connectivity index (χ4v) is 1.50. The SMILES string of the molecule is NC(=NO)c1ccc(C(=O)Nc2cccc(F)c2)nc1. The number of nitrogens with zero attached hydrogens (tertiary/aromatic N) is 2. The first-order valence-electron chi connectivity index (χ1n) is 5.61. The van der Waals surface area contributed by atoms with Crippen LogP contribution in [0.2, 0.25) is 0 Å². The van der Waals surface area contributed by atoms with Crippen LogP contribution in [-0.4, -0.2) is 21.9 Å². The van der Waals surface area contributed by atoms with E-state index in [9.17, 15) is 9.18 Å². The highest BCUT2D eigenvalue weighted by Crippen LogP contribution is 2.10. The monoisotopic (exact) mass is 274 g/mol. The van der Waals surface area contributed by atoms with E-state index in [-0.39, 0.29) is 11.5 Å². The summed E-state index contributed by atoms with van der Waals surface area (Å²) >= 11 is 0. The third-order valence-electron chi connectivity index (χ3n) is 2.48. The van der Waals surface area contributed by atoms with Gasteiger partial charge in [-0.1, -0.05) is 11.2 Å². The fourth-order valence-electron chi connectivity index (χ4n) is 1.50. The van der Waals surface area contributed by atoms with E-state index in [0.29, 0.717) is 11.3 Å². The van der Waals surface area contributed by atoms with E-state index < -0.39 is 11.7 Å². The lowest BCUT2D eigenvalue weighted by molar-refractivity contribution is 0.102. The molecule has 0 bridgehead atoms. The van der Waals surface area contributed by atoms with Gasteiger partial charge < -0.3 is 16.3 Å². The zero-order chi connectivity index (χ0) is 14.5. The van der Waals surface area contributed by atoms with E-state index in [1.54, 1.807) is 6.07 Å². The summed E-state index contributed by atoms with van der Waals surface area (Å²) in [4.78, 5) is 15.8. The highest BCUT2D eigenvalue weighted by atomic mass is 19.1. The fraction of sp³-hybridized carbons (Fsp3) is 0. The number of hydrogen-bond donors (Lipinski definition) is 3. The minimum Gasteiger partial charge on any atom is -0.409 e. The summed E-state index contributed by atoms with van der Waals surface area (Å²) in [7, 11) is 0. The molecule has 1 amide bonds. The van der Waals surface area contributed by atoms with Crippen molar-refractivity contribution in [3.8, 4) is 0 Å². The van der Waals surface area contributed by atoms with Crippen LogP contribution in [0.1, 0.15) is 16.1 Å². The molecule has 1 aromatic heterocycles. The van der Waals surface area contributed by atoms with E-state index in [4.69, 9.17) is 10.9 Å². The summed E-state index contributed by atoms with van der Waals surface area (Å²) < 4.78 is 13.0. The normalized spacial score (nSPS) is 11.2. The predicted molar refractivity (Wildman–Crippen MR) is 71.1 cm³/mol. The van der Waals surface area contributed by atoms with Crippen LogP contribution in [0.25, 0.3) is 0 Å². The molecule has 0 fully saturated rings. The number of halogens is 1. The Hall–Kier alpha value is -2.96. The average Bonchev–Trinajstić information content (AvgIpc) is 2.46. The first-order chi connectivity index (χ1) is 9.60. The Morgan fingerprint density at radius 2 is 2.15 bits per heavy atom. The Kier molecular flexibility index (Phi) is 3.90. The molecule has 0 spiro atoms. The number of oxime groups is 1. The van der Waals surface area contributed by atoms with Crippen molar-refractivity contribution in [1.82, 2.24) is 4.98 Å². The molecule has 0 saturated heterocycles. The number of pyridine rings is 1. The molecule has 0 unspecified atom stereocenters. The molecule has 1 aromatic carbocycles. The zero-order valence-electron chi connectivity index (χ0n) is 10.2. The molecule has 1 heterocycles. The molecule has 102 valence electrons. The zero-order valence-corrected chi connectivity index (χ0v) is 10.2. The molecule has 0 saturated carbocycles. The number of aromatic nitrogens is 1. The van der Waals surface area contributed by atoms with Gasteiger partial charge in [0, 0.05) is 17.4 Å². The van der Waals surface area contributed by atoms with Gasteiger partial charge in [-0.15, -0.1) is 0 Å². The summed E-state index contributed by atoms with van der Waals surface area (Å²) in [6.45, 7) is 0. The minimum absolute atomic E-state index is 0.102. The van der Waals surface area contributed by atoms with Crippen LogP contribution >= 0.6 is 0 Å². The second kappa shape index (κ2) is 5.79. The molecule has 0 atom stereocenters. The van der Waals surface area contributed by atoms with E-state index in [2.05, 4.69) is 15.5 Å². The largest absolute Gasteiger partial charge is 0.409 e. The second-order valence-corrected chi connectivity index (χ2v) is 3.88. The number of rotatable bonds is 3. The van der Waals surface area contributed by atoms with Gasteiger partial charge in [0.15, 0.2) is 5.84 Å². The van der Waals surface area contributed by atoms with E-state index in [1.807, 2.05) is 0 Å². The molecule has 4 N–H and O–H groups in total. The number of carbonyl (C=O) groups is 1. The molecule has 2 rings (SSSR count). The van der Waals surface area contributed by atoms with Gasteiger partial charge in [0.05, 0.1) is 0 Å². The lowest BCUT2D eigenvalue weighted by Gasteiger charge is -2.05. The molecule has 20 heavy (non-hydrogen) atoms. The summed E-state index contributed by atoms with van der Waals surface area (Å²) in [5.74, 6) is -1.03. The number of benzene rings is 1. The van der Waals surface area contributed by atoms with Gasteiger partial charge in [-0.3, -0.25) is 9.78 Å². The van der Waals surface area contributed by atoms with Gasteiger partial charge in [0.2, 0.25) is 0 Å². The average molecular weight is 274 g/mol. The molecule has 2 aromatic rings. The molecule has 0 radical (unpaired) electrons. The Bertz CT molecular complexity index is 656. The highest BCUT2D eigenvalue weighted by molar-refractivity contribution is 6.03. The lowest BCUT2D eigenvalue weighted by atomic mass is 10.2. The van der Waals surface area contributed by atoms with E-state index in [1.165, 1.54) is 36.5 Å². The number of nitrogens with one attached hydrogen (secondary N) is 1. The second-order valence-electron chi connectivity index (χ2n) is 3.88. The Balaban J connectivity index is 2.14. The smallest absolute Gasteiger partial charge is 0.274 e. The number of amides is 1. The van der Waals surface area contributed by atoms with Crippen molar-refractivity contribution in [3.63, 3.8) is 0 Å². The first-order valence-corrected chi connectivity index (χ1v) is 5.61. The highest BCUT2D eigenvalue weighted by Gasteiger charge is 2.09. The van der Waals surface area contributed by atoms with Crippen LogP contribution in [0.5, 0.6) is 0 Å². The van der Waals surface area contributed by atoms with Crippen LogP contribution in [0.15, 0.2) is 47.8 Å². The van der Waals surface area contributed by atoms with Gasteiger partial charge in [-0.05, 0) is 30.3 Å². The quantitative estimate of drug-likeness (QED) is 0.342. The maximum Gasteiger partial charge on any atom is 0.274 e. The molecule has 0 aliphatic carbocycles. The number of amidine groups is 1. The van der Waals surface area contributed by atoms with Crippen molar-refractivity contribution in [2.75, 3.05) is 5.32 Å². The summed E-state index contributed by atoms with van der Waals surface area (Å²) in [6, 6.07) is 8.43. The molecule has 6 nitrogen and oxygen atoms in total. The van der Waals surface area contributed by atoms with Gasteiger partial charge in [0.1, 0.15) is 11.5 Å². The van der Waals surface area contributed by atoms with E-state index in [0.717, 1.165) is 0 Å².